The number of hydrogen-bond acceptors (Lipinski definition) is 4. The molecule has 0 fully saturated rings. The topological polar surface area (TPSA) is 68.9 Å². The highest BCUT2D eigenvalue weighted by atomic mass is 35.5. The number of aryl methyl sites for hydroxylation is 1. The first-order chi connectivity index (χ1) is 11.6. The fourth-order valence-electron chi connectivity index (χ4n) is 2.58. The summed E-state index contributed by atoms with van der Waals surface area (Å²) in [7, 11) is 0. The van der Waals surface area contributed by atoms with Crippen molar-refractivity contribution in [2.45, 2.75) is 13.0 Å². The first-order valence-electron chi connectivity index (χ1n) is 7.56. The summed E-state index contributed by atoms with van der Waals surface area (Å²) >= 11 is 5.98. The van der Waals surface area contributed by atoms with E-state index in [0.29, 0.717) is 28.5 Å². The van der Waals surface area contributed by atoms with Gasteiger partial charge in [-0.3, -0.25) is 0 Å². The second-order valence-electron chi connectivity index (χ2n) is 5.64. The Morgan fingerprint density at radius 2 is 2.08 bits per heavy atom. The summed E-state index contributed by atoms with van der Waals surface area (Å²) in [5, 5.41) is 24.0. The normalized spacial score (nSPS) is 11.9. The highest BCUT2D eigenvalue weighted by molar-refractivity contribution is 6.31. The van der Waals surface area contributed by atoms with Crippen LogP contribution >= 0.6 is 11.6 Å². The zero-order valence-corrected chi connectivity index (χ0v) is 13.9. The van der Waals surface area contributed by atoms with Crippen molar-refractivity contribution in [3.63, 3.8) is 0 Å². The molecule has 0 spiro atoms. The summed E-state index contributed by atoms with van der Waals surface area (Å²) in [4.78, 5) is 4.48. The Hall–Kier alpha value is -2.61. The molecule has 5 heteroatoms. The van der Waals surface area contributed by atoms with Crippen molar-refractivity contribution in [3.05, 3.63) is 70.2 Å². The molecule has 0 radical (unpaired) electrons. The van der Waals surface area contributed by atoms with Gasteiger partial charge in [0.1, 0.15) is 5.82 Å². The first kappa shape index (κ1) is 16.3. The Kier molecular flexibility index (Phi) is 4.66. The summed E-state index contributed by atoms with van der Waals surface area (Å²) in [6.45, 7) is 2.29. The van der Waals surface area contributed by atoms with E-state index in [1.165, 1.54) is 0 Å². The van der Waals surface area contributed by atoms with E-state index >= 15 is 0 Å². The van der Waals surface area contributed by atoms with Crippen LogP contribution in [0.2, 0.25) is 5.02 Å². The van der Waals surface area contributed by atoms with Crippen LogP contribution in [0.5, 0.6) is 0 Å². The molecular weight excluding hydrogens is 322 g/mol. The largest absolute Gasteiger partial charge is 0.387 e. The molecule has 0 saturated carbocycles. The lowest BCUT2D eigenvalue weighted by Crippen LogP contribution is -2.13. The molecular formula is C19H16ClN3O. The highest BCUT2D eigenvalue weighted by Crippen LogP contribution is 2.24. The molecule has 0 aliphatic carbocycles. The lowest BCUT2D eigenvalue weighted by atomic mass is 10.1. The van der Waals surface area contributed by atoms with Crippen molar-refractivity contribution in [2.24, 2.45) is 0 Å². The molecule has 1 heterocycles. The van der Waals surface area contributed by atoms with Gasteiger partial charge >= 0.3 is 0 Å². The summed E-state index contributed by atoms with van der Waals surface area (Å²) < 4.78 is 0. The molecule has 1 unspecified atom stereocenters. The average molecular weight is 338 g/mol. The van der Waals surface area contributed by atoms with Gasteiger partial charge in [-0.1, -0.05) is 41.4 Å². The molecule has 24 heavy (non-hydrogen) atoms. The van der Waals surface area contributed by atoms with Crippen LogP contribution in [-0.2, 0) is 0 Å². The van der Waals surface area contributed by atoms with Crippen LogP contribution < -0.4 is 5.32 Å². The Morgan fingerprint density at radius 1 is 1.25 bits per heavy atom. The van der Waals surface area contributed by atoms with E-state index in [1.807, 2.05) is 31.2 Å². The van der Waals surface area contributed by atoms with E-state index in [2.05, 4.69) is 16.4 Å². The van der Waals surface area contributed by atoms with E-state index in [0.717, 1.165) is 16.5 Å². The second kappa shape index (κ2) is 6.88. The van der Waals surface area contributed by atoms with Gasteiger partial charge in [-0.2, -0.15) is 5.26 Å². The molecule has 0 saturated heterocycles. The molecule has 1 aromatic heterocycles. The van der Waals surface area contributed by atoms with Gasteiger partial charge in [0.05, 0.1) is 23.3 Å². The number of nitriles is 1. The van der Waals surface area contributed by atoms with Gasteiger partial charge in [0.2, 0.25) is 0 Å². The number of nitrogens with zero attached hydrogens (tertiary/aromatic N) is 2. The number of aliphatic hydroxyl groups is 1. The molecule has 2 N–H and O–H groups in total. The second-order valence-corrected chi connectivity index (χ2v) is 6.08. The van der Waals surface area contributed by atoms with Crippen molar-refractivity contribution in [3.8, 4) is 6.07 Å². The van der Waals surface area contributed by atoms with Gasteiger partial charge in [0, 0.05) is 17.0 Å². The maximum atomic E-state index is 10.3. The number of pyridine rings is 1. The van der Waals surface area contributed by atoms with Crippen molar-refractivity contribution < 1.29 is 5.11 Å². The molecule has 4 nitrogen and oxygen atoms in total. The van der Waals surface area contributed by atoms with Gasteiger partial charge < -0.3 is 10.4 Å². The molecule has 3 rings (SSSR count). The molecule has 0 aliphatic heterocycles. The van der Waals surface area contributed by atoms with Gasteiger partial charge in [-0.25, -0.2) is 4.98 Å². The van der Waals surface area contributed by atoms with Crippen LogP contribution in [-0.4, -0.2) is 16.6 Å². The third-order valence-electron chi connectivity index (χ3n) is 3.79. The number of aromatic nitrogens is 1. The van der Waals surface area contributed by atoms with Gasteiger partial charge in [-0.05, 0) is 36.8 Å². The monoisotopic (exact) mass is 337 g/mol. The van der Waals surface area contributed by atoms with Crippen LogP contribution in [0.15, 0.2) is 48.5 Å². The fraction of sp³-hybridized carbons (Fsp3) is 0.158. The van der Waals surface area contributed by atoms with Crippen molar-refractivity contribution in [2.75, 3.05) is 11.9 Å². The average Bonchev–Trinajstić information content (AvgIpc) is 2.59. The van der Waals surface area contributed by atoms with Crippen LogP contribution in [0.1, 0.15) is 22.8 Å². The van der Waals surface area contributed by atoms with E-state index in [9.17, 15) is 10.4 Å². The summed E-state index contributed by atoms with van der Waals surface area (Å²) in [6, 6.07) is 16.8. The quantitative estimate of drug-likeness (QED) is 0.748. The minimum absolute atomic E-state index is 0.306. The van der Waals surface area contributed by atoms with Gasteiger partial charge in [-0.15, -0.1) is 0 Å². The van der Waals surface area contributed by atoms with E-state index in [-0.39, 0.29) is 0 Å². The van der Waals surface area contributed by atoms with Crippen molar-refractivity contribution >= 4 is 28.3 Å². The number of rotatable bonds is 4. The van der Waals surface area contributed by atoms with Crippen LogP contribution in [0.4, 0.5) is 5.82 Å². The first-order valence-corrected chi connectivity index (χ1v) is 7.93. The van der Waals surface area contributed by atoms with E-state index in [1.54, 1.807) is 24.3 Å². The third kappa shape index (κ3) is 3.48. The molecule has 2 aromatic carbocycles. The fourth-order valence-corrected chi connectivity index (χ4v) is 2.75. The molecule has 1 atom stereocenters. The van der Waals surface area contributed by atoms with Crippen LogP contribution in [0, 0.1) is 18.3 Å². The molecule has 3 aromatic rings. The molecule has 0 amide bonds. The Bertz CT molecular complexity index is 934. The minimum atomic E-state index is -0.654. The van der Waals surface area contributed by atoms with E-state index in [4.69, 9.17) is 11.6 Å². The lowest BCUT2D eigenvalue weighted by molar-refractivity contribution is 0.191. The minimum Gasteiger partial charge on any atom is -0.387 e. The maximum absolute atomic E-state index is 10.3. The van der Waals surface area contributed by atoms with Crippen molar-refractivity contribution in [1.29, 1.82) is 5.26 Å². The predicted molar refractivity (Wildman–Crippen MR) is 96.1 cm³/mol. The van der Waals surface area contributed by atoms with Gasteiger partial charge in [0.25, 0.3) is 0 Å². The summed E-state index contributed by atoms with van der Waals surface area (Å²) in [5.41, 5.74) is 3.12. The summed E-state index contributed by atoms with van der Waals surface area (Å²) in [6.07, 6.45) is -0.654. The molecule has 120 valence electrons. The number of hydrogen-bond donors (Lipinski definition) is 2. The number of benzene rings is 2. The number of fused-ring (bicyclic) bond motifs is 1. The lowest BCUT2D eigenvalue weighted by Gasteiger charge is -2.14. The Balaban J connectivity index is 1.83. The number of nitrogens with one attached hydrogen (secondary N) is 1. The summed E-state index contributed by atoms with van der Waals surface area (Å²) in [5.74, 6) is 0.549. The smallest absolute Gasteiger partial charge is 0.128 e. The molecule has 0 bridgehead atoms. The third-order valence-corrected chi connectivity index (χ3v) is 4.03. The number of aliphatic hydroxyl groups excluding tert-OH is 1. The zero-order chi connectivity index (χ0) is 17.1. The maximum Gasteiger partial charge on any atom is 0.128 e. The SMILES string of the molecule is Cc1cccc(C(O)CNc2cc(C#N)c3cc(Cl)ccc3n2)c1. The van der Waals surface area contributed by atoms with Crippen LogP contribution in [0.25, 0.3) is 10.9 Å². The number of halogens is 1. The standard InChI is InChI=1S/C19H16ClN3O/c1-12-3-2-4-13(7-12)18(24)11-22-19-8-14(10-21)16-9-15(20)5-6-17(16)23-19/h2-9,18,24H,11H2,1H3,(H,22,23). The molecule has 0 aliphatic rings. The van der Waals surface area contributed by atoms with Gasteiger partial charge in [0.15, 0.2) is 0 Å². The Labute approximate surface area is 145 Å². The van der Waals surface area contributed by atoms with Crippen molar-refractivity contribution in [1.82, 2.24) is 4.98 Å². The van der Waals surface area contributed by atoms with E-state index < -0.39 is 6.10 Å². The number of anilines is 1. The predicted octanol–water partition coefficient (Wildman–Crippen LogP) is 4.21. The highest BCUT2D eigenvalue weighted by Gasteiger charge is 2.10. The zero-order valence-electron chi connectivity index (χ0n) is 13.1. The van der Waals surface area contributed by atoms with Crippen LogP contribution in [0.3, 0.4) is 0 Å². The Morgan fingerprint density at radius 3 is 2.83 bits per heavy atom.